The molecule has 2 aliphatic heterocycles. The van der Waals surface area contributed by atoms with E-state index in [0.29, 0.717) is 34.8 Å². The number of rotatable bonds is 4. The van der Waals surface area contributed by atoms with E-state index >= 15 is 0 Å². The molecule has 2 aliphatic rings. The predicted octanol–water partition coefficient (Wildman–Crippen LogP) is 1.41. The Morgan fingerprint density at radius 3 is 2.79 bits per heavy atom. The number of nitrogens with zero attached hydrogens (tertiary/aromatic N) is 3. The van der Waals surface area contributed by atoms with E-state index < -0.39 is 0 Å². The van der Waals surface area contributed by atoms with E-state index in [-0.39, 0.29) is 23.0 Å². The number of carbonyl (C=O) groups excluding carboxylic acids is 1. The highest BCUT2D eigenvalue weighted by Crippen LogP contribution is 2.33. The van der Waals surface area contributed by atoms with Crippen molar-refractivity contribution >= 4 is 28.4 Å². The van der Waals surface area contributed by atoms with Crippen molar-refractivity contribution in [1.29, 1.82) is 0 Å². The highest BCUT2D eigenvalue weighted by Gasteiger charge is 2.24. The van der Waals surface area contributed by atoms with E-state index in [2.05, 4.69) is 22.2 Å². The first-order chi connectivity index (χ1) is 13.4. The lowest BCUT2D eigenvalue weighted by atomic mass is 10.1. The van der Waals surface area contributed by atoms with Crippen molar-refractivity contribution < 1.29 is 9.53 Å². The molecular formula is C20H25ClN4O3. The normalized spacial score (nSPS) is 20.2. The third-order valence-electron chi connectivity index (χ3n) is 5.47. The molecule has 1 unspecified atom stereocenters. The summed E-state index contributed by atoms with van der Waals surface area (Å²) in [7, 11) is 2.11. The summed E-state index contributed by atoms with van der Waals surface area (Å²) >= 11 is 6.31. The quantitative estimate of drug-likeness (QED) is 0.834. The van der Waals surface area contributed by atoms with Gasteiger partial charge in [0.25, 0.3) is 5.91 Å². The standard InChI is InChI=1S/C20H25ClN4O3/c1-13-11-25-12-14(19(26)17-15(21)3-4-16(28-13)18(17)25)20(27)22-5-6-24-9-7-23(2)8-10-24/h3-4,12-13H,5-11H2,1-2H3,(H,22,27). The molecule has 28 heavy (non-hydrogen) atoms. The molecule has 1 aromatic carbocycles. The number of benzene rings is 1. The predicted molar refractivity (Wildman–Crippen MR) is 110 cm³/mol. The first-order valence-corrected chi connectivity index (χ1v) is 10.0. The number of amides is 1. The van der Waals surface area contributed by atoms with Crippen LogP contribution < -0.4 is 15.5 Å². The fourth-order valence-corrected chi connectivity index (χ4v) is 4.13. The van der Waals surface area contributed by atoms with Gasteiger partial charge in [-0.25, -0.2) is 0 Å². The van der Waals surface area contributed by atoms with E-state index in [1.807, 2.05) is 11.5 Å². The van der Waals surface area contributed by atoms with Crippen LogP contribution in [0.1, 0.15) is 17.3 Å². The van der Waals surface area contributed by atoms with Crippen LogP contribution >= 0.6 is 11.6 Å². The van der Waals surface area contributed by atoms with Gasteiger partial charge in [0.1, 0.15) is 17.4 Å². The summed E-state index contributed by atoms with van der Waals surface area (Å²) in [5, 5.41) is 3.58. The number of halogens is 1. The Balaban J connectivity index is 1.55. The smallest absolute Gasteiger partial charge is 0.256 e. The molecule has 0 bridgehead atoms. The molecule has 1 aromatic heterocycles. The number of ether oxygens (including phenoxy) is 1. The zero-order valence-corrected chi connectivity index (χ0v) is 17.0. The number of piperazine rings is 1. The summed E-state index contributed by atoms with van der Waals surface area (Å²) in [5.41, 5.74) is 0.428. The fourth-order valence-electron chi connectivity index (χ4n) is 3.89. The molecule has 7 nitrogen and oxygen atoms in total. The van der Waals surface area contributed by atoms with E-state index in [4.69, 9.17) is 16.3 Å². The molecule has 1 saturated heterocycles. The minimum absolute atomic E-state index is 0.0486. The lowest BCUT2D eigenvalue weighted by Gasteiger charge is -2.32. The number of hydrogen-bond donors (Lipinski definition) is 1. The minimum atomic E-state index is -0.356. The molecule has 0 radical (unpaired) electrons. The second kappa shape index (κ2) is 7.73. The molecule has 2 aromatic rings. The monoisotopic (exact) mass is 404 g/mol. The van der Waals surface area contributed by atoms with Gasteiger partial charge in [0.2, 0.25) is 5.43 Å². The second-order valence-electron chi connectivity index (χ2n) is 7.62. The van der Waals surface area contributed by atoms with Gasteiger partial charge in [0.05, 0.1) is 22.5 Å². The molecule has 1 fully saturated rings. The molecule has 1 atom stereocenters. The summed E-state index contributed by atoms with van der Waals surface area (Å²) < 4.78 is 7.73. The number of carbonyl (C=O) groups is 1. The first kappa shape index (κ1) is 19.2. The molecule has 1 amide bonds. The van der Waals surface area contributed by atoms with Crippen LogP contribution in [0.2, 0.25) is 5.02 Å². The first-order valence-electron chi connectivity index (χ1n) is 9.65. The van der Waals surface area contributed by atoms with Crippen molar-refractivity contribution in [2.75, 3.05) is 46.3 Å². The molecule has 0 spiro atoms. The molecule has 1 N–H and O–H groups in total. The molecule has 0 aliphatic carbocycles. The van der Waals surface area contributed by atoms with Crippen LogP contribution in [0.4, 0.5) is 0 Å². The summed E-state index contributed by atoms with van der Waals surface area (Å²) in [6, 6.07) is 3.42. The molecule has 0 saturated carbocycles. The van der Waals surface area contributed by atoms with Gasteiger partial charge < -0.3 is 19.5 Å². The Hall–Kier alpha value is -2.09. The Bertz CT molecular complexity index is 966. The maximum atomic E-state index is 13.0. The Labute approximate surface area is 168 Å². The Morgan fingerprint density at radius 2 is 2.04 bits per heavy atom. The maximum Gasteiger partial charge on any atom is 0.256 e. The van der Waals surface area contributed by atoms with E-state index in [1.54, 1.807) is 18.3 Å². The van der Waals surface area contributed by atoms with Crippen LogP contribution in [0, 0.1) is 0 Å². The van der Waals surface area contributed by atoms with Crippen molar-refractivity contribution in [2.24, 2.45) is 0 Å². The summed E-state index contributed by atoms with van der Waals surface area (Å²) in [6.45, 7) is 7.85. The molecule has 3 heterocycles. The van der Waals surface area contributed by atoms with Crippen LogP contribution in [0.5, 0.6) is 5.75 Å². The van der Waals surface area contributed by atoms with Gasteiger partial charge in [-0.05, 0) is 26.1 Å². The van der Waals surface area contributed by atoms with Crippen LogP contribution in [-0.4, -0.2) is 72.7 Å². The largest absolute Gasteiger partial charge is 0.487 e. The topological polar surface area (TPSA) is 66.8 Å². The summed E-state index contributed by atoms with van der Waals surface area (Å²) in [6.07, 6.45) is 1.59. The lowest BCUT2D eigenvalue weighted by Crippen LogP contribution is -2.47. The van der Waals surface area contributed by atoms with Crippen molar-refractivity contribution in [1.82, 2.24) is 19.7 Å². The van der Waals surface area contributed by atoms with Gasteiger partial charge in [0, 0.05) is 45.5 Å². The van der Waals surface area contributed by atoms with Crippen LogP contribution in [-0.2, 0) is 6.54 Å². The minimum Gasteiger partial charge on any atom is -0.487 e. The molecule has 8 heteroatoms. The third kappa shape index (κ3) is 3.62. The van der Waals surface area contributed by atoms with Crippen LogP contribution in [0.25, 0.3) is 10.9 Å². The Morgan fingerprint density at radius 1 is 1.29 bits per heavy atom. The average molecular weight is 405 g/mol. The Kier molecular flexibility index (Phi) is 5.31. The molecule has 150 valence electrons. The zero-order valence-electron chi connectivity index (χ0n) is 16.2. The number of nitrogens with one attached hydrogen (secondary N) is 1. The zero-order chi connectivity index (χ0) is 19.8. The number of hydrogen-bond acceptors (Lipinski definition) is 5. The second-order valence-corrected chi connectivity index (χ2v) is 8.03. The lowest BCUT2D eigenvalue weighted by molar-refractivity contribution is 0.0938. The van der Waals surface area contributed by atoms with Gasteiger partial charge >= 0.3 is 0 Å². The van der Waals surface area contributed by atoms with Crippen molar-refractivity contribution in [3.63, 3.8) is 0 Å². The van der Waals surface area contributed by atoms with Gasteiger partial charge in [0.15, 0.2) is 0 Å². The highest BCUT2D eigenvalue weighted by atomic mass is 35.5. The van der Waals surface area contributed by atoms with Crippen molar-refractivity contribution in [3.05, 3.63) is 39.1 Å². The van der Waals surface area contributed by atoms with Gasteiger partial charge in [-0.15, -0.1) is 0 Å². The maximum absolute atomic E-state index is 13.0. The van der Waals surface area contributed by atoms with E-state index in [1.165, 1.54) is 0 Å². The molecular weight excluding hydrogens is 380 g/mol. The van der Waals surface area contributed by atoms with Gasteiger partial charge in [-0.3, -0.25) is 14.5 Å². The van der Waals surface area contributed by atoms with Crippen molar-refractivity contribution in [2.45, 2.75) is 19.6 Å². The number of aromatic nitrogens is 1. The van der Waals surface area contributed by atoms with Crippen LogP contribution in [0.3, 0.4) is 0 Å². The summed E-state index contributed by atoms with van der Waals surface area (Å²) in [4.78, 5) is 30.3. The SMILES string of the molecule is CC1Cn2cc(C(=O)NCCN3CCN(C)CC3)c(=O)c3c(Cl)ccc(c32)O1. The van der Waals surface area contributed by atoms with Gasteiger partial charge in [-0.1, -0.05) is 11.6 Å². The highest BCUT2D eigenvalue weighted by molar-refractivity contribution is 6.35. The number of pyridine rings is 1. The molecule has 4 rings (SSSR count). The van der Waals surface area contributed by atoms with Crippen molar-refractivity contribution in [3.8, 4) is 5.75 Å². The fraction of sp³-hybridized carbons (Fsp3) is 0.500. The summed E-state index contributed by atoms with van der Waals surface area (Å²) in [5.74, 6) is 0.266. The van der Waals surface area contributed by atoms with E-state index in [9.17, 15) is 9.59 Å². The number of likely N-dealkylation sites (N-methyl/N-ethyl adjacent to an activating group) is 1. The average Bonchev–Trinajstić information content (AvgIpc) is 2.67. The van der Waals surface area contributed by atoms with Gasteiger partial charge in [-0.2, -0.15) is 0 Å². The van der Waals surface area contributed by atoms with E-state index in [0.717, 1.165) is 32.7 Å². The van der Waals surface area contributed by atoms with Crippen LogP contribution in [0.15, 0.2) is 23.1 Å². The third-order valence-corrected chi connectivity index (χ3v) is 5.78.